The lowest BCUT2D eigenvalue weighted by Crippen LogP contribution is -2.51. The van der Waals surface area contributed by atoms with E-state index in [1.807, 2.05) is 4.90 Å². The van der Waals surface area contributed by atoms with E-state index in [2.05, 4.69) is 6.92 Å². The molecule has 110 valence electrons. The Hall–Kier alpha value is -0.710. The summed E-state index contributed by atoms with van der Waals surface area (Å²) >= 11 is 0. The molecule has 0 aromatic carbocycles. The van der Waals surface area contributed by atoms with Crippen molar-refractivity contribution >= 4 is 5.91 Å². The number of piperidine rings is 1. The van der Waals surface area contributed by atoms with Gasteiger partial charge in [-0.2, -0.15) is 0 Å². The van der Waals surface area contributed by atoms with Gasteiger partial charge in [0.2, 0.25) is 11.8 Å². The SMILES string of the molecule is CCC1CN(C(=O)C2CCC(F)(F)CC2)CCC1N. The van der Waals surface area contributed by atoms with Crippen molar-refractivity contribution in [2.75, 3.05) is 13.1 Å². The molecule has 1 aliphatic heterocycles. The van der Waals surface area contributed by atoms with Crippen molar-refractivity contribution in [1.82, 2.24) is 4.90 Å². The first-order valence-electron chi connectivity index (χ1n) is 7.35. The number of nitrogens with zero attached hydrogens (tertiary/aromatic N) is 1. The first kappa shape index (κ1) is 14.7. The fraction of sp³-hybridized carbons (Fsp3) is 0.929. The summed E-state index contributed by atoms with van der Waals surface area (Å²) in [5, 5.41) is 0. The molecule has 2 atom stereocenters. The fourth-order valence-electron chi connectivity index (χ4n) is 3.23. The van der Waals surface area contributed by atoms with Gasteiger partial charge >= 0.3 is 0 Å². The maximum Gasteiger partial charge on any atom is 0.248 e. The zero-order chi connectivity index (χ0) is 14.0. The molecular weight excluding hydrogens is 250 g/mol. The van der Waals surface area contributed by atoms with Gasteiger partial charge in [0, 0.05) is 37.9 Å². The second-order valence-corrected chi connectivity index (χ2v) is 6.04. The van der Waals surface area contributed by atoms with Crippen LogP contribution in [0.2, 0.25) is 0 Å². The van der Waals surface area contributed by atoms with Gasteiger partial charge in [0.15, 0.2) is 0 Å². The minimum absolute atomic E-state index is 0.0702. The van der Waals surface area contributed by atoms with Crippen LogP contribution in [-0.4, -0.2) is 35.9 Å². The average molecular weight is 274 g/mol. The molecule has 2 rings (SSSR count). The molecule has 0 aromatic heterocycles. The minimum Gasteiger partial charge on any atom is -0.342 e. The van der Waals surface area contributed by atoms with E-state index in [-0.39, 0.29) is 30.7 Å². The van der Waals surface area contributed by atoms with E-state index >= 15 is 0 Å². The largest absolute Gasteiger partial charge is 0.342 e. The van der Waals surface area contributed by atoms with Crippen molar-refractivity contribution in [2.45, 2.75) is 57.4 Å². The Morgan fingerprint density at radius 1 is 1.32 bits per heavy atom. The van der Waals surface area contributed by atoms with E-state index in [9.17, 15) is 13.6 Å². The van der Waals surface area contributed by atoms with Crippen molar-refractivity contribution in [3.63, 3.8) is 0 Å². The van der Waals surface area contributed by atoms with Crippen LogP contribution in [0, 0.1) is 11.8 Å². The van der Waals surface area contributed by atoms with Gasteiger partial charge < -0.3 is 10.6 Å². The predicted molar refractivity (Wildman–Crippen MR) is 69.9 cm³/mol. The summed E-state index contributed by atoms with van der Waals surface area (Å²) in [5.41, 5.74) is 6.03. The van der Waals surface area contributed by atoms with Crippen LogP contribution in [0.15, 0.2) is 0 Å². The Balaban J connectivity index is 1.90. The number of rotatable bonds is 2. The van der Waals surface area contributed by atoms with Gasteiger partial charge in [0.05, 0.1) is 0 Å². The molecule has 0 spiro atoms. The molecule has 1 amide bonds. The highest BCUT2D eigenvalue weighted by molar-refractivity contribution is 5.79. The molecule has 2 fully saturated rings. The maximum absolute atomic E-state index is 13.1. The summed E-state index contributed by atoms with van der Waals surface area (Å²) in [7, 11) is 0. The number of hydrogen-bond donors (Lipinski definition) is 1. The molecule has 0 radical (unpaired) electrons. The normalized spacial score (nSPS) is 32.3. The van der Waals surface area contributed by atoms with Gasteiger partial charge in [0.1, 0.15) is 0 Å². The second-order valence-electron chi connectivity index (χ2n) is 6.04. The highest BCUT2D eigenvalue weighted by atomic mass is 19.3. The number of amides is 1. The number of nitrogens with two attached hydrogens (primary N) is 1. The zero-order valence-electron chi connectivity index (χ0n) is 11.6. The summed E-state index contributed by atoms with van der Waals surface area (Å²) in [6.45, 7) is 3.46. The number of carbonyl (C=O) groups is 1. The van der Waals surface area contributed by atoms with Crippen molar-refractivity contribution in [1.29, 1.82) is 0 Å². The number of halogens is 2. The molecule has 1 saturated heterocycles. The molecular formula is C14H24F2N2O. The van der Waals surface area contributed by atoms with E-state index in [0.717, 1.165) is 12.8 Å². The van der Waals surface area contributed by atoms with Crippen LogP contribution >= 0.6 is 0 Å². The molecule has 19 heavy (non-hydrogen) atoms. The van der Waals surface area contributed by atoms with Crippen molar-refractivity contribution in [3.05, 3.63) is 0 Å². The number of carbonyl (C=O) groups excluding carboxylic acids is 1. The molecule has 2 unspecified atom stereocenters. The van der Waals surface area contributed by atoms with E-state index in [1.165, 1.54) is 0 Å². The topological polar surface area (TPSA) is 46.3 Å². The lowest BCUT2D eigenvalue weighted by atomic mass is 9.84. The Labute approximate surface area is 113 Å². The summed E-state index contributed by atoms with van der Waals surface area (Å²) in [6, 6.07) is 0.171. The monoisotopic (exact) mass is 274 g/mol. The van der Waals surface area contributed by atoms with Crippen molar-refractivity contribution in [2.24, 2.45) is 17.6 Å². The number of alkyl halides is 2. The van der Waals surface area contributed by atoms with Gasteiger partial charge in [-0.1, -0.05) is 13.3 Å². The molecule has 1 saturated carbocycles. The lowest BCUT2D eigenvalue weighted by molar-refractivity contribution is -0.141. The third-order valence-electron chi connectivity index (χ3n) is 4.70. The van der Waals surface area contributed by atoms with Gasteiger partial charge in [-0.05, 0) is 25.2 Å². The molecule has 0 aromatic rings. The molecule has 0 bridgehead atoms. The molecule has 1 heterocycles. The second kappa shape index (κ2) is 5.73. The third kappa shape index (κ3) is 3.44. The van der Waals surface area contributed by atoms with Crippen LogP contribution in [0.5, 0.6) is 0 Å². The van der Waals surface area contributed by atoms with Gasteiger partial charge in [0.25, 0.3) is 0 Å². The summed E-state index contributed by atoms with van der Waals surface area (Å²) in [6.07, 6.45) is 2.15. The van der Waals surface area contributed by atoms with Crippen LogP contribution in [-0.2, 0) is 4.79 Å². The van der Waals surface area contributed by atoms with Gasteiger partial charge in [-0.15, -0.1) is 0 Å². The minimum atomic E-state index is -2.56. The van der Waals surface area contributed by atoms with E-state index in [0.29, 0.717) is 31.8 Å². The van der Waals surface area contributed by atoms with Crippen LogP contribution < -0.4 is 5.73 Å². The highest BCUT2D eigenvalue weighted by Gasteiger charge is 2.39. The fourth-order valence-corrected chi connectivity index (χ4v) is 3.23. The molecule has 2 N–H and O–H groups in total. The van der Waals surface area contributed by atoms with Crippen LogP contribution in [0.4, 0.5) is 8.78 Å². The summed E-state index contributed by atoms with van der Waals surface area (Å²) in [5.74, 6) is -2.34. The Bertz CT molecular complexity index is 325. The summed E-state index contributed by atoms with van der Waals surface area (Å²) < 4.78 is 26.2. The van der Waals surface area contributed by atoms with Gasteiger partial charge in [-0.25, -0.2) is 8.78 Å². The first-order valence-corrected chi connectivity index (χ1v) is 7.35. The average Bonchev–Trinajstić information content (AvgIpc) is 2.38. The Kier molecular flexibility index (Phi) is 4.43. The van der Waals surface area contributed by atoms with Gasteiger partial charge in [-0.3, -0.25) is 4.79 Å². The standard InChI is InChI=1S/C14H24F2N2O/c1-2-10-9-18(8-5-12(10)17)13(19)11-3-6-14(15,16)7-4-11/h10-12H,2-9,17H2,1H3. The maximum atomic E-state index is 13.1. The van der Waals surface area contributed by atoms with E-state index in [1.54, 1.807) is 0 Å². The molecule has 3 nitrogen and oxygen atoms in total. The van der Waals surface area contributed by atoms with Crippen LogP contribution in [0.3, 0.4) is 0 Å². The van der Waals surface area contributed by atoms with E-state index < -0.39 is 5.92 Å². The smallest absolute Gasteiger partial charge is 0.248 e. The van der Waals surface area contributed by atoms with Crippen molar-refractivity contribution < 1.29 is 13.6 Å². The highest BCUT2D eigenvalue weighted by Crippen LogP contribution is 2.37. The Morgan fingerprint density at radius 2 is 1.95 bits per heavy atom. The predicted octanol–water partition coefficient (Wildman–Crippen LogP) is 2.40. The molecule has 1 aliphatic carbocycles. The third-order valence-corrected chi connectivity index (χ3v) is 4.70. The Morgan fingerprint density at radius 3 is 2.53 bits per heavy atom. The molecule has 5 heteroatoms. The lowest BCUT2D eigenvalue weighted by Gasteiger charge is -2.39. The zero-order valence-corrected chi connectivity index (χ0v) is 11.6. The van der Waals surface area contributed by atoms with E-state index in [4.69, 9.17) is 5.73 Å². The molecule has 2 aliphatic rings. The van der Waals surface area contributed by atoms with Crippen LogP contribution in [0.1, 0.15) is 45.4 Å². The van der Waals surface area contributed by atoms with Crippen LogP contribution in [0.25, 0.3) is 0 Å². The first-order chi connectivity index (χ1) is 8.93. The number of hydrogen-bond acceptors (Lipinski definition) is 2. The number of likely N-dealkylation sites (tertiary alicyclic amines) is 1. The summed E-state index contributed by atoms with van der Waals surface area (Å²) in [4.78, 5) is 14.2. The quantitative estimate of drug-likeness (QED) is 0.840. The van der Waals surface area contributed by atoms with Crippen molar-refractivity contribution in [3.8, 4) is 0 Å².